The highest BCUT2D eigenvalue weighted by Crippen LogP contribution is 2.23. The summed E-state index contributed by atoms with van der Waals surface area (Å²) in [6.07, 6.45) is 2.06. The van der Waals surface area contributed by atoms with E-state index in [1.165, 1.54) is 4.90 Å². The fraction of sp³-hybridized carbons (Fsp3) is 0.385. The topological polar surface area (TPSA) is 61.4 Å². The summed E-state index contributed by atoms with van der Waals surface area (Å²) < 4.78 is 0. The molecule has 0 spiro atoms. The molecule has 1 aromatic carbocycles. The van der Waals surface area contributed by atoms with E-state index in [4.69, 9.17) is 11.6 Å². The molecule has 5 nitrogen and oxygen atoms in total. The van der Waals surface area contributed by atoms with E-state index in [9.17, 15) is 9.59 Å². The second-order valence-electron chi connectivity index (χ2n) is 4.77. The Bertz CT molecular complexity index is 513. The Labute approximate surface area is 116 Å². The Balaban J connectivity index is 2.05. The number of amides is 3. The van der Waals surface area contributed by atoms with Crippen molar-refractivity contribution >= 4 is 29.2 Å². The number of hydrogen-bond acceptors (Lipinski definition) is 2. The van der Waals surface area contributed by atoms with Crippen LogP contribution in [0.1, 0.15) is 23.2 Å². The van der Waals surface area contributed by atoms with E-state index in [0.29, 0.717) is 22.3 Å². The van der Waals surface area contributed by atoms with E-state index >= 15 is 0 Å². The van der Waals surface area contributed by atoms with Crippen LogP contribution < -0.4 is 10.6 Å². The second kappa shape index (κ2) is 5.48. The molecule has 0 radical (unpaired) electrons. The molecule has 0 heterocycles. The summed E-state index contributed by atoms with van der Waals surface area (Å²) in [7, 11) is 3.32. The van der Waals surface area contributed by atoms with Crippen LogP contribution in [0.15, 0.2) is 18.2 Å². The monoisotopic (exact) mass is 281 g/mol. The van der Waals surface area contributed by atoms with Crippen LogP contribution in [0.5, 0.6) is 0 Å². The predicted molar refractivity (Wildman–Crippen MR) is 74.6 cm³/mol. The summed E-state index contributed by atoms with van der Waals surface area (Å²) >= 11 is 6.05. The van der Waals surface area contributed by atoms with Crippen LogP contribution in [0.4, 0.5) is 10.5 Å². The Morgan fingerprint density at radius 2 is 2.00 bits per heavy atom. The maximum Gasteiger partial charge on any atom is 0.319 e. The SMILES string of the molecule is CN(C)C(=O)c1ccc(NC(=O)NC2CC2)cc1Cl. The third-order valence-corrected chi connectivity index (χ3v) is 3.09. The first-order valence-corrected chi connectivity index (χ1v) is 6.44. The van der Waals surface area contributed by atoms with Crippen molar-refractivity contribution in [1.82, 2.24) is 10.2 Å². The largest absolute Gasteiger partial charge is 0.345 e. The lowest BCUT2D eigenvalue weighted by molar-refractivity contribution is 0.0828. The standard InChI is InChI=1S/C13H16ClN3O2/c1-17(2)12(18)10-6-5-9(7-11(10)14)16-13(19)15-8-3-4-8/h5-8H,3-4H2,1-2H3,(H2,15,16,19). The van der Waals surface area contributed by atoms with Crippen molar-refractivity contribution in [2.24, 2.45) is 0 Å². The number of carbonyl (C=O) groups is 2. The molecule has 3 amide bonds. The molecule has 0 aromatic heterocycles. The molecule has 0 unspecified atom stereocenters. The third-order valence-electron chi connectivity index (χ3n) is 2.78. The zero-order chi connectivity index (χ0) is 14.0. The van der Waals surface area contributed by atoms with E-state index < -0.39 is 0 Å². The van der Waals surface area contributed by atoms with Gasteiger partial charge in [-0.15, -0.1) is 0 Å². The molecule has 0 atom stereocenters. The number of benzene rings is 1. The highest BCUT2D eigenvalue weighted by atomic mass is 35.5. The molecule has 1 fully saturated rings. The maximum absolute atomic E-state index is 11.8. The van der Waals surface area contributed by atoms with Gasteiger partial charge in [-0.1, -0.05) is 11.6 Å². The van der Waals surface area contributed by atoms with Crippen molar-refractivity contribution in [3.05, 3.63) is 28.8 Å². The van der Waals surface area contributed by atoms with Crippen LogP contribution in [-0.4, -0.2) is 37.0 Å². The smallest absolute Gasteiger partial charge is 0.319 e. The molecule has 19 heavy (non-hydrogen) atoms. The average Bonchev–Trinajstić information content (AvgIpc) is 3.12. The number of rotatable bonds is 3. The lowest BCUT2D eigenvalue weighted by Crippen LogP contribution is -2.30. The van der Waals surface area contributed by atoms with E-state index in [1.54, 1.807) is 32.3 Å². The van der Waals surface area contributed by atoms with E-state index in [0.717, 1.165) is 12.8 Å². The van der Waals surface area contributed by atoms with Crippen LogP contribution in [0, 0.1) is 0 Å². The summed E-state index contributed by atoms with van der Waals surface area (Å²) in [5, 5.41) is 5.82. The number of nitrogens with zero attached hydrogens (tertiary/aromatic N) is 1. The molecule has 0 aliphatic heterocycles. The molecule has 1 saturated carbocycles. The fourth-order valence-electron chi connectivity index (χ4n) is 1.59. The Hall–Kier alpha value is -1.75. The Kier molecular flexibility index (Phi) is 3.95. The van der Waals surface area contributed by atoms with E-state index in [-0.39, 0.29) is 11.9 Å². The summed E-state index contributed by atoms with van der Waals surface area (Å²) in [6, 6.07) is 4.90. The zero-order valence-corrected chi connectivity index (χ0v) is 11.6. The first-order valence-electron chi connectivity index (χ1n) is 6.06. The lowest BCUT2D eigenvalue weighted by atomic mass is 10.2. The van der Waals surface area contributed by atoms with Crippen LogP contribution in [0.2, 0.25) is 5.02 Å². The lowest BCUT2D eigenvalue weighted by Gasteiger charge is -2.13. The van der Waals surface area contributed by atoms with Gasteiger partial charge in [-0.25, -0.2) is 4.79 Å². The molecule has 1 aromatic rings. The van der Waals surface area contributed by atoms with Crippen LogP contribution in [0.3, 0.4) is 0 Å². The summed E-state index contributed by atoms with van der Waals surface area (Å²) in [4.78, 5) is 24.8. The number of urea groups is 1. The molecular weight excluding hydrogens is 266 g/mol. The highest BCUT2D eigenvalue weighted by molar-refractivity contribution is 6.34. The summed E-state index contributed by atoms with van der Waals surface area (Å²) in [5.41, 5.74) is 0.985. The van der Waals surface area contributed by atoms with E-state index in [2.05, 4.69) is 10.6 Å². The van der Waals surface area contributed by atoms with Gasteiger partial charge >= 0.3 is 6.03 Å². The van der Waals surface area contributed by atoms with Crippen molar-refractivity contribution in [3.8, 4) is 0 Å². The average molecular weight is 282 g/mol. The number of nitrogens with one attached hydrogen (secondary N) is 2. The number of hydrogen-bond donors (Lipinski definition) is 2. The Morgan fingerprint density at radius 1 is 1.32 bits per heavy atom. The first kappa shape index (κ1) is 13.7. The molecule has 2 N–H and O–H groups in total. The molecule has 6 heteroatoms. The fourth-order valence-corrected chi connectivity index (χ4v) is 1.85. The van der Waals surface area contributed by atoms with Crippen molar-refractivity contribution in [3.63, 3.8) is 0 Å². The van der Waals surface area contributed by atoms with Gasteiger partial charge in [0.2, 0.25) is 0 Å². The molecule has 0 bridgehead atoms. The van der Waals surface area contributed by atoms with Gasteiger partial charge in [-0.05, 0) is 31.0 Å². The highest BCUT2D eigenvalue weighted by Gasteiger charge is 2.23. The third kappa shape index (κ3) is 3.61. The second-order valence-corrected chi connectivity index (χ2v) is 5.17. The van der Waals surface area contributed by atoms with Gasteiger partial charge in [-0.2, -0.15) is 0 Å². The van der Waals surface area contributed by atoms with Gasteiger partial charge in [-0.3, -0.25) is 4.79 Å². The zero-order valence-electron chi connectivity index (χ0n) is 10.9. The minimum absolute atomic E-state index is 0.168. The molecule has 102 valence electrons. The summed E-state index contributed by atoms with van der Waals surface area (Å²) in [6.45, 7) is 0. The molecule has 1 aliphatic carbocycles. The minimum atomic E-state index is -0.245. The maximum atomic E-state index is 11.8. The summed E-state index contributed by atoms with van der Waals surface area (Å²) in [5.74, 6) is -0.168. The van der Waals surface area contributed by atoms with Crippen LogP contribution in [0.25, 0.3) is 0 Å². The van der Waals surface area contributed by atoms with Gasteiger partial charge in [0, 0.05) is 25.8 Å². The van der Waals surface area contributed by atoms with Crippen LogP contribution >= 0.6 is 11.6 Å². The van der Waals surface area contributed by atoms with Gasteiger partial charge in [0.05, 0.1) is 10.6 Å². The molecular formula is C13H16ClN3O2. The van der Waals surface area contributed by atoms with E-state index in [1.807, 2.05) is 0 Å². The van der Waals surface area contributed by atoms with Gasteiger partial charge < -0.3 is 15.5 Å². The predicted octanol–water partition coefficient (Wildman–Crippen LogP) is 2.33. The first-order chi connectivity index (χ1) is 8.97. The van der Waals surface area contributed by atoms with Gasteiger partial charge in [0.15, 0.2) is 0 Å². The molecule has 1 aliphatic rings. The van der Waals surface area contributed by atoms with Gasteiger partial charge in [0.25, 0.3) is 5.91 Å². The Morgan fingerprint density at radius 3 is 2.53 bits per heavy atom. The minimum Gasteiger partial charge on any atom is -0.345 e. The normalized spacial score (nSPS) is 13.8. The molecule has 0 saturated heterocycles. The quantitative estimate of drug-likeness (QED) is 0.893. The van der Waals surface area contributed by atoms with Gasteiger partial charge in [0.1, 0.15) is 0 Å². The van der Waals surface area contributed by atoms with Crippen molar-refractivity contribution in [2.45, 2.75) is 18.9 Å². The number of anilines is 1. The molecule has 2 rings (SSSR count). The number of halogens is 1. The van der Waals surface area contributed by atoms with Crippen LogP contribution in [-0.2, 0) is 0 Å². The van der Waals surface area contributed by atoms with Crippen molar-refractivity contribution in [1.29, 1.82) is 0 Å². The number of carbonyl (C=O) groups excluding carboxylic acids is 2. The van der Waals surface area contributed by atoms with Crippen molar-refractivity contribution in [2.75, 3.05) is 19.4 Å². The van der Waals surface area contributed by atoms with Crippen molar-refractivity contribution < 1.29 is 9.59 Å².